The molecule has 2 rings (SSSR count). The number of anilines is 1. The SMILES string of the molecule is CCc1ccccc1CNc1cc(C)ncc1OC. The third kappa shape index (κ3) is 3.25. The number of methoxy groups -OCH3 is 1. The number of hydrogen-bond acceptors (Lipinski definition) is 3. The number of nitrogens with zero attached hydrogens (tertiary/aromatic N) is 1. The van der Waals surface area contributed by atoms with E-state index in [0.29, 0.717) is 0 Å². The van der Waals surface area contributed by atoms with Crippen LogP contribution in [-0.4, -0.2) is 12.1 Å². The molecule has 100 valence electrons. The molecule has 0 radical (unpaired) electrons. The van der Waals surface area contributed by atoms with Crippen molar-refractivity contribution in [1.29, 1.82) is 0 Å². The molecule has 0 aliphatic carbocycles. The van der Waals surface area contributed by atoms with Gasteiger partial charge in [0.05, 0.1) is 19.0 Å². The highest BCUT2D eigenvalue weighted by Crippen LogP contribution is 2.24. The van der Waals surface area contributed by atoms with Gasteiger partial charge in [-0.05, 0) is 30.5 Å². The minimum atomic E-state index is 0.777. The van der Waals surface area contributed by atoms with Crippen LogP contribution in [0.1, 0.15) is 23.7 Å². The van der Waals surface area contributed by atoms with Crippen molar-refractivity contribution >= 4 is 5.69 Å². The fourth-order valence-electron chi connectivity index (χ4n) is 2.11. The van der Waals surface area contributed by atoms with Gasteiger partial charge in [-0.1, -0.05) is 31.2 Å². The number of benzene rings is 1. The van der Waals surface area contributed by atoms with Crippen LogP contribution in [0.5, 0.6) is 5.75 Å². The first-order valence-electron chi connectivity index (χ1n) is 6.56. The van der Waals surface area contributed by atoms with E-state index in [2.05, 4.69) is 41.5 Å². The van der Waals surface area contributed by atoms with Crippen LogP contribution < -0.4 is 10.1 Å². The van der Waals surface area contributed by atoms with Crippen molar-refractivity contribution < 1.29 is 4.74 Å². The largest absolute Gasteiger partial charge is 0.493 e. The van der Waals surface area contributed by atoms with Gasteiger partial charge in [-0.25, -0.2) is 0 Å². The Morgan fingerprint density at radius 2 is 1.95 bits per heavy atom. The Kier molecular flexibility index (Phi) is 4.39. The molecule has 1 N–H and O–H groups in total. The first-order valence-corrected chi connectivity index (χ1v) is 6.56. The highest BCUT2D eigenvalue weighted by Gasteiger charge is 2.05. The lowest BCUT2D eigenvalue weighted by Gasteiger charge is -2.13. The van der Waals surface area contributed by atoms with E-state index in [9.17, 15) is 0 Å². The van der Waals surface area contributed by atoms with Crippen molar-refractivity contribution in [2.45, 2.75) is 26.8 Å². The van der Waals surface area contributed by atoms with Crippen molar-refractivity contribution in [2.75, 3.05) is 12.4 Å². The van der Waals surface area contributed by atoms with Crippen molar-refractivity contribution in [3.8, 4) is 5.75 Å². The highest BCUT2D eigenvalue weighted by atomic mass is 16.5. The van der Waals surface area contributed by atoms with Gasteiger partial charge in [0, 0.05) is 12.2 Å². The summed E-state index contributed by atoms with van der Waals surface area (Å²) in [6, 6.07) is 10.5. The lowest BCUT2D eigenvalue weighted by Crippen LogP contribution is -2.04. The van der Waals surface area contributed by atoms with Crippen molar-refractivity contribution in [1.82, 2.24) is 4.98 Å². The third-order valence-corrected chi connectivity index (χ3v) is 3.19. The molecule has 0 spiro atoms. The summed E-state index contributed by atoms with van der Waals surface area (Å²) in [5, 5.41) is 3.43. The minimum Gasteiger partial charge on any atom is -0.493 e. The van der Waals surface area contributed by atoms with Gasteiger partial charge in [-0.2, -0.15) is 0 Å². The molecule has 0 saturated carbocycles. The van der Waals surface area contributed by atoms with Gasteiger partial charge in [-0.3, -0.25) is 4.98 Å². The number of aryl methyl sites for hydroxylation is 2. The minimum absolute atomic E-state index is 0.777. The molecule has 1 heterocycles. The summed E-state index contributed by atoms with van der Waals surface area (Å²) in [4.78, 5) is 4.23. The van der Waals surface area contributed by atoms with Gasteiger partial charge in [0.1, 0.15) is 0 Å². The highest BCUT2D eigenvalue weighted by molar-refractivity contribution is 5.56. The molecule has 0 unspecified atom stereocenters. The Labute approximate surface area is 114 Å². The Bertz CT molecular complexity index is 552. The molecule has 0 amide bonds. The molecule has 3 heteroatoms. The number of rotatable bonds is 5. The third-order valence-electron chi connectivity index (χ3n) is 3.19. The van der Waals surface area contributed by atoms with E-state index in [0.717, 1.165) is 30.1 Å². The van der Waals surface area contributed by atoms with E-state index >= 15 is 0 Å². The molecule has 0 saturated heterocycles. The molecule has 1 aromatic heterocycles. The second-order valence-corrected chi connectivity index (χ2v) is 4.50. The maximum Gasteiger partial charge on any atom is 0.160 e. The average molecular weight is 256 g/mol. The second-order valence-electron chi connectivity index (χ2n) is 4.50. The first kappa shape index (κ1) is 13.4. The summed E-state index contributed by atoms with van der Waals surface area (Å²) in [5.74, 6) is 0.777. The molecule has 3 nitrogen and oxygen atoms in total. The van der Waals surface area contributed by atoms with E-state index in [4.69, 9.17) is 4.74 Å². The zero-order chi connectivity index (χ0) is 13.7. The van der Waals surface area contributed by atoms with Crippen LogP contribution in [-0.2, 0) is 13.0 Å². The van der Waals surface area contributed by atoms with Crippen molar-refractivity contribution in [2.24, 2.45) is 0 Å². The van der Waals surface area contributed by atoms with Crippen LogP contribution in [0.4, 0.5) is 5.69 Å². The summed E-state index contributed by atoms with van der Waals surface area (Å²) in [6.45, 7) is 4.95. The first-order chi connectivity index (χ1) is 9.24. The number of hydrogen-bond donors (Lipinski definition) is 1. The molecular formula is C16H20N2O. The summed E-state index contributed by atoms with van der Waals surface area (Å²) in [5.41, 5.74) is 4.66. The molecule has 0 aliphatic rings. The van der Waals surface area contributed by atoms with Crippen molar-refractivity contribution in [3.05, 3.63) is 53.3 Å². The van der Waals surface area contributed by atoms with Gasteiger partial charge in [0.2, 0.25) is 0 Å². The maximum absolute atomic E-state index is 5.32. The van der Waals surface area contributed by atoms with E-state index in [1.54, 1.807) is 13.3 Å². The summed E-state index contributed by atoms with van der Waals surface area (Å²) >= 11 is 0. The van der Waals surface area contributed by atoms with Gasteiger partial charge in [0.15, 0.2) is 5.75 Å². The maximum atomic E-state index is 5.32. The zero-order valence-electron chi connectivity index (χ0n) is 11.7. The van der Waals surface area contributed by atoms with Crippen LogP contribution in [0.3, 0.4) is 0 Å². The smallest absolute Gasteiger partial charge is 0.160 e. The predicted octanol–water partition coefficient (Wildman–Crippen LogP) is 3.57. The Balaban J connectivity index is 2.16. The normalized spacial score (nSPS) is 10.3. The molecule has 0 fully saturated rings. The topological polar surface area (TPSA) is 34.2 Å². The lowest BCUT2D eigenvalue weighted by molar-refractivity contribution is 0.414. The molecular weight excluding hydrogens is 236 g/mol. The quantitative estimate of drug-likeness (QED) is 0.888. The number of ether oxygens (including phenoxy) is 1. The molecule has 0 aliphatic heterocycles. The van der Waals surface area contributed by atoms with Crippen LogP contribution >= 0.6 is 0 Å². The van der Waals surface area contributed by atoms with E-state index in [1.165, 1.54) is 11.1 Å². The summed E-state index contributed by atoms with van der Waals surface area (Å²) in [6.07, 6.45) is 2.80. The predicted molar refractivity (Wildman–Crippen MR) is 78.7 cm³/mol. The standard InChI is InChI=1S/C16H20N2O/c1-4-13-7-5-6-8-14(13)10-18-15-9-12(2)17-11-16(15)19-3/h5-9,11H,4,10H2,1-3H3,(H,17,18). The van der Waals surface area contributed by atoms with Crippen LogP contribution in [0.2, 0.25) is 0 Å². The Morgan fingerprint density at radius 1 is 1.21 bits per heavy atom. The summed E-state index contributed by atoms with van der Waals surface area (Å²) < 4.78 is 5.32. The van der Waals surface area contributed by atoms with E-state index in [1.807, 2.05) is 13.0 Å². The molecule has 0 atom stereocenters. The van der Waals surface area contributed by atoms with Crippen molar-refractivity contribution in [3.63, 3.8) is 0 Å². The lowest BCUT2D eigenvalue weighted by atomic mass is 10.1. The van der Waals surface area contributed by atoms with Gasteiger partial charge in [-0.15, -0.1) is 0 Å². The van der Waals surface area contributed by atoms with Gasteiger partial charge < -0.3 is 10.1 Å². The molecule has 0 bridgehead atoms. The Hall–Kier alpha value is -2.03. The number of aromatic nitrogens is 1. The molecule has 2 aromatic rings. The van der Waals surface area contributed by atoms with E-state index in [-0.39, 0.29) is 0 Å². The average Bonchev–Trinajstić information content (AvgIpc) is 2.45. The number of pyridine rings is 1. The summed E-state index contributed by atoms with van der Waals surface area (Å²) in [7, 11) is 1.66. The molecule has 19 heavy (non-hydrogen) atoms. The fourth-order valence-corrected chi connectivity index (χ4v) is 2.11. The van der Waals surface area contributed by atoms with Crippen LogP contribution in [0, 0.1) is 6.92 Å². The monoisotopic (exact) mass is 256 g/mol. The second kappa shape index (κ2) is 6.23. The Morgan fingerprint density at radius 3 is 2.63 bits per heavy atom. The fraction of sp³-hybridized carbons (Fsp3) is 0.312. The van der Waals surface area contributed by atoms with E-state index < -0.39 is 0 Å². The van der Waals surface area contributed by atoms with Gasteiger partial charge >= 0.3 is 0 Å². The number of nitrogens with one attached hydrogen (secondary N) is 1. The zero-order valence-corrected chi connectivity index (χ0v) is 11.7. The molecule has 1 aromatic carbocycles. The van der Waals surface area contributed by atoms with Crippen LogP contribution in [0.15, 0.2) is 36.5 Å². The van der Waals surface area contributed by atoms with Crippen LogP contribution in [0.25, 0.3) is 0 Å². The van der Waals surface area contributed by atoms with Gasteiger partial charge in [0.25, 0.3) is 0 Å².